The van der Waals surface area contributed by atoms with E-state index in [0.29, 0.717) is 6.04 Å². The molecule has 0 aromatic heterocycles. The molecule has 4 nitrogen and oxygen atoms in total. The van der Waals surface area contributed by atoms with Crippen molar-refractivity contribution in [2.24, 2.45) is 0 Å². The Bertz CT molecular complexity index is 549. The zero-order chi connectivity index (χ0) is 16.2. The number of carbonyl (C=O) groups excluding carboxylic acids is 1. The summed E-state index contributed by atoms with van der Waals surface area (Å²) in [6.07, 6.45) is 4.58. The first-order chi connectivity index (χ1) is 11.1. The van der Waals surface area contributed by atoms with Crippen molar-refractivity contribution in [3.63, 3.8) is 0 Å². The fourth-order valence-electron chi connectivity index (χ4n) is 3.70. The number of amides is 1. The van der Waals surface area contributed by atoms with E-state index in [2.05, 4.69) is 27.2 Å². The number of likely N-dealkylation sites (tertiary alicyclic amines) is 1. The highest BCUT2D eigenvalue weighted by Gasteiger charge is 2.23. The lowest BCUT2D eigenvalue weighted by Crippen LogP contribution is -2.43. The molecule has 1 aromatic rings. The summed E-state index contributed by atoms with van der Waals surface area (Å²) >= 11 is 6.51. The van der Waals surface area contributed by atoms with Crippen LogP contribution in [0.2, 0.25) is 5.02 Å². The van der Waals surface area contributed by atoms with Gasteiger partial charge in [-0.25, -0.2) is 0 Å². The smallest absolute Gasteiger partial charge is 0.217 e. The van der Waals surface area contributed by atoms with Crippen LogP contribution in [0, 0.1) is 0 Å². The molecule has 23 heavy (non-hydrogen) atoms. The molecule has 1 amide bonds. The Balaban J connectivity index is 1.65. The van der Waals surface area contributed by atoms with E-state index >= 15 is 0 Å². The van der Waals surface area contributed by atoms with Crippen molar-refractivity contribution in [3.8, 4) is 0 Å². The number of hydrogen-bond acceptors (Lipinski definition) is 3. The van der Waals surface area contributed by atoms with Gasteiger partial charge in [0.2, 0.25) is 5.91 Å². The molecule has 0 bridgehead atoms. The molecule has 1 N–H and O–H groups in total. The molecule has 0 unspecified atom stereocenters. The number of halogens is 1. The Morgan fingerprint density at radius 2 is 1.91 bits per heavy atom. The minimum Gasteiger partial charge on any atom is -0.371 e. The maximum atomic E-state index is 11.2. The maximum Gasteiger partial charge on any atom is 0.217 e. The molecule has 0 atom stereocenters. The number of nitrogens with one attached hydrogen (secondary N) is 1. The van der Waals surface area contributed by atoms with Gasteiger partial charge in [0, 0.05) is 62.0 Å². The molecule has 126 valence electrons. The summed E-state index contributed by atoms with van der Waals surface area (Å²) in [6, 6.07) is 6.59. The molecule has 3 rings (SSSR count). The molecule has 0 saturated carbocycles. The van der Waals surface area contributed by atoms with E-state index in [0.717, 1.165) is 50.6 Å². The lowest BCUT2D eigenvalue weighted by Gasteiger charge is -2.33. The van der Waals surface area contributed by atoms with Crippen LogP contribution in [0.4, 0.5) is 5.69 Å². The zero-order valence-electron chi connectivity index (χ0n) is 13.9. The minimum absolute atomic E-state index is 0.0749. The monoisotopic (exact) mass is 335 g/mol. The van der Waals surface area contributed by atoms with Gasteiger partial charge in [-0.05, 0) is 37.8 Å². The number of rotatable bonds is 4. The standard InChI is InChI=1S/C18H26ClN3O/c1-14(23)20-15-7-11-21(12-8-15)13-16-17(19)5-4-6-18(16)22-9-2-3-10-22/h4-6,15H,2-3,7-13H2,1H3,(H,20,23). The lowest BCUT2D eigenvalue weighted by molar-refractivity contribution is -0.119. The third kappa shape index (κ3) is 4.18. The third-order valence-electron chi connectivity index (χ3n) is 4.92. The van der Waals surface area contributed by atoms with Crippen LogP contribution in [0.1, 0.15) is 38.2 Å². The lowest BCUT2D eigenvalue weighted by atomic mass is 10.0. The van der Waals surface area contributed by atoms with Gasteiger partial charge in [0.1, 0.15) is 0 Å². The van der Waals surface area contributed by atoms with Gasteiger partial charge < -0.3 is 10.2 Å². The highest BCUT2D eigenvalue weighted by atomic mass is 35.5. The van der Waals surface area contributed by atoms with Crippen LogP contribution < -0.4 is 10.2 Å². The van der Waals surface area contributed by atoms with Gasteiger partial charge in [-0.3, -0.25) is 9.69 Å². The van der Waals surface area contributed by atoms with E-state index in [-0.39, 0.29) is 5.91 Å². The largest absolute Gasteiger partial charge is 0.371 e. The molecule has 0 spiro atoms. The summed E-state index contributed by atoms with van der Waals surface area (Å²) in [5.41, 5.74) is 2.56. The summed E-state index contributed by atoms with van der Waals surface area (Å²) in [4.78, 5) is 16.1. The van der Waals surface area contributed by atoms with Gasteiger partial charge in [-0.15, -0.1) is 0 Å². The Kier molecular flexibility index (Phi) is 5.44. The fraction of sp³-hybridized carbons (Fsp3) is 0.611. The molecule has 2 aliphatic rings. The topological polar surface area (TPSA) is 35.6 Å². The molecule has 2 heterocycles. The van der Waals surface area contributed by atoms with Gasteiger partial charge >= 0.3 is 0 Å². The van der Waals surface area contributed by atoms with Gasteiger partial charge in [0.25, 0.3) is 0 Å². The molecule has 0 aliphatic carbocycles. The van der Waals surface area contributed by atoms with Crippen molar-refractivity contribution < 1.29 is 4.79 Å². The van der Waals surface area contributed by atoms with Gasteiger partial charge in [0.05, 0.1) is 0 Å². The molecular formula is C18H26ClN3O. The van der Waals surface area contributed by atoms with Crippen LogP contribution in [-0.4, -0.2) is 43.0 Å². The number of anilines is 1. The van der Waals surface area contributed by atoms with Crippen LogP contribution in [0.25, 0.3) is 0 Å². The van der Waals surface area contributed by atoms with Crippen LogP contribution in [0.15, 0.2) is 18.2 Å². The summed E-state index contributed by atoms with van der Waals surface area (Å²) in [7, 11) is 0. The first kappa shape index (κ1) is 16.6. The van der Waals surface area contributed by atoms with Crippen molar-refractivity contribution in [3.05, 3.63) is 28.8 Å². The van der Waals surface area contributed by atoms with Gasteiger partial charge in [-0.1, -0.05) is 17.7 Å². The molecule has 2 fully saturated rings. The van der Waals surface area contributed by atoms with E-state index in [9.17, 15) is 4.79 Å². The van der Waals surface area contributed by atoms with Crippen molar-refractivity contribution in [2.75, 3.05) is 31.1 Å². The van der Waals surface area contributed by atoms with Crippen molar-refractivity contribution in [1.29, 1.82) is 0 Å². The maximum absolute atomic E-state index is 11.2. The predicted molar refractivity (Wildman–Crippen MR) is 95.0 cm³/mol. The highest BCUT2D eigenvalue weighted by Crippen LogP contribution is 2.31. The SMILES string of the molecule is CC(=O)NC1CCN(Cc2c(Cl)cccc2N2CCCC2)CC1. The minimum atomic E-state index is 0.0749. The Morgan fingerprint density at radius 3 is 2.57 bits per heavy atom. The second kappa shape index (κ2) is 7.54. The van der Waals surface area contributed by atoms with E-state index in [1.807, 2.05) is 6.07 Å². The quantitative estimate of drug-likeness (QED) is 0.918. The Hall–Kier alpha value is -1.26. The molecule has 2 aliphatic heterocycles. The van der Waals surface area contributed by atoms with Crippen molar-refractivity contribution >= 4 is 23.2 Å². The van der Waals surface area contributed by atoms with Crippen molar-refractivity contribution in [1.82, 2.24) is 10.2 Å². The van der Waals surface area contributed by atoms with Crippen LogP contribution in [-0.2, 0) is 11.3 Å². The normalized spacial score (nSPS) is 20.0. The van der Waals surface area contributed by atoms with E-state index < -0.39 is 0 Å². The van der Waals surface area contributed by atoms with Crippen LogP contribution in [0.3, 0.4) is 0 Å². The fourth-order valence-corrected chi connectivity index (χ4v) is 3.93. The molecule has 1 aromatic carbocycles. The average Bonchev–Trinajstić information content (AvgIpc) is 3.05. The molecule has 0 radical (unpaired) electrons. The van der Waals surface area contributed by atoms with Crippen LogP contribution in [0.5, 0.6) is 0 Å². The summed E-state index contributed by atoms with van der Waals surface area (Å²) in [5, 5.41) is 3.91. The number of nitrogens with zero attached hydrogens (tertiary/aromatic N) is 2. The van der Waals surface area contributed by atoms with Crippen LogP contribution >= 0.6 is 11.6 Å². The number of hydrogen-bond donors (Lipinski definition) is 1. The van der Waals surface area contributed by atoms with Crippen molar-refractivity contribution in [2.45, 2.75) is 45.2 Å². The van der Waals surface area contributed by atoms with E-state index in [1.54, 1.807) is 6.92 Å². The zero-order valence-corrected chi connectivity index (χ0v) is 14.6. The first-order valence-electron chi connectivity index (χ1n) is 8.65. The van der Waals surface area contributed by atoms with Gasteiger partial charge in [-0.2, -0.15) is 0 Å². The average molecular weight is 336 g/mol. The third-order valence-corrected chi connectivity index (χ3v) is 5.27. The Labute approximate surface area is 143 Å². The molecular weight excluding hydrogens is 310 g/mol. The first-order valence-corrected chi connectivity index (χ1v) is 9.03. The second-order valence-electron chi connectivity index (χ2n) is 6.68. The Morgan fingerprint density at radius 1 is 1.22 bits per heavy atom. The van der Waals surface area contributed by atoms with E-state index in [1.165, 1.54) is 24.1 Å². The number of carbonyl (C=O) groups is 1. The van der Waals surface area contributed by atoms with E-state index in [4.69, 9.17) is 11.6 Å². The summed E-state index contributed by atoms with van der Waals surface area (Å²) in [5.74, 6) is 0.0749. The number of piperidine rings is 1. The predicted octanol–water partition coefficient (Wildman–Crippen LogP) is 3.04. The molecule has 2 saturated heterocycles. The highest BCUT2D eigenvalue weighted by molar-refractivity contribution is 6.31. The summed E-state index contributed by atoms with van der Waals surface area (Å²) < 4.78 is 0. The van der Waals surface area contributed by atoms with Gasteiger partial charge in [0.15, 0.2) is 0 Å². The molecule has 5 heteroatoms. The second-order valence-corrected chi connectivity index (χ2v) is 7.09. The number of benzene rings is 1. The summed E-state index contributed by atoms with van der Waals surface area (Å²) in [6.45, 7) is 6.79.